The number of hydrogen-bond acceptors (Lipinski definition) is 3. The van der Waals surface area contributed by atoms with Crippen molar-refractivity contribution in [1.29, 1.82) is 0 Å². The van der Waals surface area contributed by atoms with Gasteiger partial charge < -0.3 is 14.6 Å². The highest BCUT2D eigenvalue weighted by molar-refractivity contribution is 5.31. The van der Waals surface area contributed by atoms with Crippen molar-refractivity contribution >= 4 is 0 Å². The first-order valence-corrected chi connectivity index (χ1v) is 7.12. The number of benzene rings is 1. The van der Waals surface area contributed by atoms with Gasteiger partial charge in [0.15, 0.2) is 5.79 Å². The van der Waals surface area contributed by atoms with Crippen molar-refractivity contribution in [3.63, 3.8) is 0 Å². The normalized spacial score (nSPS) is 23.9. The zero-order valence-electron chi connectivity index (χ0n) is 11.8. The summed E-state index contributed by atoms with van der Waals surface area (Å²) in [6.45, 7) is 0.958. The Hall–Kier alpha value is -1.18. The fourth-order valence-electron chi connectivity index (χ4n) is 3.17. The maximum atomic E-state index is 14.1. The standard InChI is InChI=1S/C15H16F4O3/c16-12-9-10(15(17,18)19)1-2-11(12)13(20)3-5-14(6-4-13)21-7-8-22-14/h1-2,9,20H,3-8H2. The van der Waals surface area contributed by atoms with Crippen LogP contribution in [0.2, 0.25) is 0 Å². The summed E-state index contributed by atoms with van der Waals surface area (Å²) < 4.78 is 62.8. The minimum Gasteiger partial charge on any atom is -0.385 e. The molecule has 1 aliphatic carbocycles. The number of halogens is 4. The van der Waals surface area contributed by atoms with Crippen LogP contribution in [0, 0.1) is 5.82 Å². The third kappa shape index (κ3) is 2.73. The number of rotatable bonds is 1. The van der Waals surface area contributed by atoms with Gasteiger partial charge in [-0.15, -0.1) is 0 Å². The quantitative estimate of drug-likeness (QED) is 0.807. The zero-order valence-corrected chi connectivity index (χ0v) is 11.8. The second-order valence-electron chi connectivity index (χ2n) is 5.83. The van der Waals surface area contributed by atoms with Crippen LogP contribution in [0.1, 0.15) is 36.8 Å². The molecule has 122 valence electrons. The summed E-state index contributed by atoms with van der Waals surface area (Å²) in [5.41, 5.74) is -2.66. The van der Waals surface area contributed by atoms with Gasteiger partial charge in [-0.3, -0.25) is 0 Å². The van der Waals surface area contributed by atoms with E-state index < -0.39 is 28.9 Å². The van der Waals surface area contributed by atoms with Gasteiger partial charge in [0.05, 0.1) is 24.4 Å². The van der Waals surface area contributed by atoms with Crippen LogP contribution in [-0.4, -0.2) is 24.1 Å². The van der Waals surface area contributed by atoms with E-state index >= 15 is 0 Å². The van der Waals surface area contributed by atoms with Gasteiger partial charge in [-0.25, -0.2) is 4.39 Å². The predicted octanol–water partition coefficient (Wildman–Crippen LogP) is 3.35. The second-order valence-corrected chi connectivity index (χ2v) is 5.83. The van der Waals surface area contributed by atoms with Gasteiger partial charge in [-0.05, 0) is 25.0 Å². The summed E-state index contributed by atoms with van der Waals surface area (Å²) in [6.07, 6.45) is -3.50. The molecule has 3 rings (SSSR count). The van der Waals surface area contributed by atoms with Crippen LogP contribution in [0.25, 0.3) is 0 Å². The third-order valence-corrected chi connectivity index (χ3v) is 4.45. The Morgan fingerprint density at radius 2 is 1.59 bits per heavy atom. The summed E-state index contributed by atoms with van der Waals surface area (Å²) in [7, 11) is 0. The highest BCUT2D eigenvalue weighted by Crippen LogP contribution is 2.46. The molecule has 1 saturated carbocycles. The van der Waals surface area contributed by atoms with E-state index in [1.807, 2.05) is 0 Å². The first kappa shape index (κ1) is 15.7. The Balaban J connectivity index is 1.82. The summed E-state index contributed by atoms with van der Waals surface area (Å²) >= 11 is 0. The first-order chi connectivity index (χ1) is 10.2. The average molecular weight is 320 g/mol. The highest BCUT2D eigenvalue weighted by Gasteiger charge is 2.47. The Kier molecular flexibility index (Phi) is 3.70. The number of ether oxygens (including phenoxy) is 2. The lowest BCUT2D eigenvalue weighted by molar-refractivity contribution is -0.204. The Morgan fingerprint density at radius 1 is 1.00 bits per heavy atom. The molecule has 22 heavy (non-hydrogen) atoms. The molecule has 0 amide bonds. The van der Waals surface area contributed by atoms with Crippen molar-refractivity contribution in [3.8, 4) is 0 Å². The molecule has 2 fully saturated rings. The van der Waals surface area contributed by atoms with E-state index in [0.29, 0.717) is 32.1 Å². The molecule has 7 heteroatoms. The lowest BCUT2D eigenvalue weighted by atomic mass is 9.76. The van der Waals surface area contributed by atoms with Crippen molar-refractivity contribution in [2.45, 2.75) is 43.2 Å². The summed E-state index contributed by atoms with van der Waals surface area (Å²) in [5.74, 6) is -1.77. The van der Waals surface area contributed by atoms with Crippen molar-refractivity contribution in [3.05, 3.63) is 35.1 Å². The van der Waals surface area contributed by atoms with E-state index in [-0.39, 0.29) is 18.4 Å². The smallest absolute Gasteiger partial charge is 0.385 e. The largest absolute Gasteiger partial charge is 0.416 e. The van der Waals surface area contributed by atoms with Gasteiger partial charge in [0, 0.05) is 18.4 Å². The number of aliphatic hydroxyl groups is 1. The SMILES string of the molecule is OC1(c2ccc(C(F)(F)F)cc2F)CCC2(CC1)OCCO2. The van der Waals surface area contributed by atoms with Crippen LogP contribution >= 0.6 is 0 Å². The van der Waals surface area contributed by atoms with Crippen LogP contribution in [0.5, 0.6) is 0 Å². The van der Waals surface area contributed by atoms with E-state index in [1.54, 1.807) is 0 Å². The Labute approximate surface area is 124 Å². The van der Waals surface area contributed by atoms with Gasteiger partial charge in [-0.1, -0.05) is 6.07 Å². The molecule has 1 aromatic carbocycles. The maximum absolute atomic E-state index is 14.1. The Bertz CT molecular complexity index is 554. The molecule has 1 aromatic rings. The fraction of sp³-hybridized carbons (Fsp3) is 0.600. The molecule has 0 unspecified atom stereocenters. The highest BCUT2D eigenvalue weighted by atomic mass is 19.4. The van der Waals surface area contributed by atoms with E-state index in [1.165, 1.54) is 0 Å². The minimum absolute atomic E-state index is 0.103. The van der Waals surface area contributed by atoms with Crippen molar-refractivity contribution < 1.29 is 32.1 Å². The number of alkyl halides is 3. The Morgan fingerprint density at radius 3 is 2.09 bits per heavy atom. The fourth-order valence-corrected chi connectivity index (χ4v) is 3.17. The molecule has 1 aliphatic heterocycles. The third-order valence-electron chi connectivity index (χ3n) is 4.45. The predicted molar refractivity (Wildman–Crippen MR) is 68.4 cm³/mol. The molecule has 1 heterocycles. The van der Waals surface area contributed by atoms with Crippen LogP contribution in [0.4, 0.5) is 17.6 Å². The minimum atomic E-state index is -4.61. The zero-order chi connectivity index (χ0) is 16.0. The molecule has 1 N–H and O–H groups in total. The van der Waals surface area contributed by atoms with E-state index in [4.69, 9.17) is 9.47 Å². The first-order valence-electron chi connectivity index (χ1n) is 7.12. The van der Waals surface area contributed by atoms with Gasteiger partial charge >= 0.3 is 6.18 Å². The molecular weight excluding hydrogens is 304 g/mol. The molecule has 3 nitrogen and oxygen atoms in total. The van der Waals surface area contributed by atoms with Gasteiger partial charge in [0.2, 0.25) is 0 Å². The summed E-state index contributed by atoms with van der Waals surface area (Å²) in [6, 6.07) is 2.25. The molecule has 0 bridgehead atoms. The molecule has 2 aliphatic rings. The summed E-state index contributed by atoms with van der Waals surface area (Å²) in [4.78, 5) is 0. The van der Waals surface area contributed by atoms with Crippen molar-refractivity contribution in [2.24, 2.45) is 0 Å². The topological polar surface area (TPSA) is 38.7 Å². The van der Waals surface area contributed by atoms with E-state index in [0.717, 1.165) is 12.1 Å². The molecular formula is C15H16F4O3. The van der Waals surface area contributed by atoms with Crippen LogP contribution < -0.4 is 0 Å². The van der Waals surface area contributed by atoms with Crippen LogP contribution in [0.15, 0.2) is 18.2 Å². The van der Waals surface area contributed by atoms with Crippen molar-refractivity contribution in [1.82, 2.24) is 0 Å². The van der Waals surface area contributed by atoms with Crippen LogP contribution in [-0.2, 0) is 21.3 Å². The second kappa shape index (κ2) is 5.18. The lowest BCUT2D eigenvalue weighted by Gasteiger charge is -2.40. The molecule has 1 spiro atoms. The molecule has 1 saturated heterocycles. The van der Waals surface area contributed by atoms with Gasteiger partial charge in [0.25, 0.3) is 0 Å². The average Bonchev–Trinajstić information content (AvgIpc) is 2.90. The lowest BCUT2D eigenvalue weighted by Crippen LogP contribution is -2.42. The maximum Gasteiger partial charge on any atom is 0.416 e. The molecule has 0 aromatic heterocycles. The van der Waals surface area contributed by atoms with E-state index in [9.17, 15) is 22.7 Å². The number of hydrogen-bond donors (Lipinski definition) is 1. The molecule has 0 radical (unpaired) electrons. The molecule has 0 atom stereocenters. The van der Waals surface area contributed by atoms with Crippen molar-refractivity contribution in [2.75, 3.05) is 13.2 Å². The van der Waals surface area contributed by atoms with E-state index in [2.05, 4.69) is 0 Å². The summed E-state index contributed by atoms with van der Waals surface area (Å²) in [5, 5.41) is 10.6. The van der Waals surface area contributed by atoms with Gasteiger partial charge in [0.1, 0.15) is 5.82 Å². The van der Waals surface area contributed by atoms with Crippen LogP contribution in [0.3, 0.4) is 0 Å². The van der Waals surface area contributed by atoms with Gasteiger partial charge in [-0.2, -0.15) is 13.2 Å². The monoisotopic (exact) mass is 320 g/mol.